The number of benzene rings is 1. The summed E-state index contributed by atoms with van der Waals surface area (Å²) in [5, 5.41) is 0. The van der Waals surface area contributed by atoms with Gasteiger partial charge in [-0.3, -0.25) is 19.3 Å². The van der Waals surface area contributed by atoms with Crippen molar-refractivity contribution < 1.29 is 19.1 Å². The minimum atomic E-state index is -0.0653. The van der Waals surface area contributed by atoms with Gasteiger partial charge in [0.15, 0.2) is 12.4 Å². The molecule has 1 fully saturated rings. The van der Waals surface area contributed by atoms with Crippen LogP contribution in [0.2, 0.25) is 0 Å². The summed E-state index contributed by atoms with van der Waals surface area (Å²) in [6.07, 6.45) is 1.30. The van der Waals surface area contributed by atoms with Crippen molar-refractivity contribution in [3.8, 4) is 5.75 Å². The number of likely N-dealkylation sites (N-methyl/N-ethyl adjacent to an activating group) is 1. The third kappa shape index (κ3) is 6.36. The predicted octanol–water partition coefficient (Wildman–Crippen LogP) is 1.28. The number of hydrogen-bond acceptors (Lipinski definition) is 5. The first kappa shape index (κ1) is 20.9. The van der Waals surface area contributed by atoms with Gasteiger partial charge in [0, 0.05) is 52.3 Å². The molecule has 27 heavy (non-hydrogen) atoms. The second kappa shape index (κ2) is 10.1. The first-order valence-corrected chi connectivity index (χ1v) is 9.37. The smallest absolute Gasteiger partial charge is 0.260 e. The van der Waals surface area contributed by atoms with E-state index in [1.807, 2.05) is 6.92 Å². The zero-order chi connectivity index (χ0) is 19.8. The molecule has 0 radical (unpaired) electrons. The molecule has 0 saturated carbocycles. The molecule has 0 atom stereocenters. The van der Waals surface area contributed by atoms with Crippen LogP contribution in [0.15, 0.2) is 24.3 Å². The predicted molar refractivity (Wildman–Crippen MR) is 103 cm³/mol. The largest absolute Gasteiger partial charge is 0.484 e. The van der Waals surface area contributed by atoms with Crippen LogP contribution in [0.3, 0.4) is 0 Å². The average molecular weight is 375 g/mol. The number of hydrogen-bond donors (Lipinski definition) is 0. The Hall–Kier alpha value is -2.41. The van der Waals surface area contributed by atoms with Crippen molar-refractivity contribution in [3.05, 3.63) is 29.8 Å². The van der Waals surface area contributed by atoms with Gasteiger partial charge in [-0.1, -0.05) is 6.92 Å². The quantitative estimate of drug-likeness (QED) is 0.672. The maximum absolute atomic E-state index is 12.4. The molecular formula is C20H29N3O4. The Morgan fingerprint density at radius 2 is 1.74 bits per heavy atom. The van der Waals surface area contributed by atoms with Crippen molar-refractivity contribution in [2.45, 2.75) is 19.8 Å². The summed E-state index contributed by atoms with van der Waals surface area (Å²) in [6, 6.07) is 6.87. The van der Waals surface area contributed by atoms with Crippen molar-refractivity contribution >= 4 is 17.6 Å². The fourth-order valence-corrected chi connectivity index (χ4v) is 2.89. The van der Waals surface area contributed by atoms with Gasteiger partial charge in [0.1, 0.15) is 5.75 Å². The van der Waals surface area contributed by atoms with Crippen LogP contribution in [0, 0.1) is 0 Å². The van der Waals surface area contributed by atoms with Crippen LogP contribution in [0.4, 0.5) is 0 Å². The van der Waals surface area contributed by atoms with Crippen LogP contribution >= 0.6 is 0 Å². The number of amides is 2. The molecule has 1 saturated heterocycles. The van der Waals surface area contributed by atoms with E-state index in [1.165, 1.54) is 0 Å². The second-order valence-electron chi connectivity index (χ2n) is 6.89. The normalized spacial score (nSPS) is 15.1. The van der Waals surface area contributed by atoms with Crippen molar-refractivity contribution in [1.29, 1.82) is 0 Å². The fourth-order valence-electron chi connectivity index (χ4n) is 2.89. The third-order valence-electron chi connectivity index (χ3n) is 4.66. The summed E-state index contributed by atoms with van der Waals surface area (Å²) in [7, 11) is 3.50. The summed E-state index contributed by atoms with van der Waals surface area (Å²) >= 11 is 0. The molecule has 0 unspecified atom stereocenters. The Morgan fingerprint density at radius 1 is 1.04 bits per heavy atom. The molecule has 1 heterocycles. The lowest BCUT2D eigenvalue weighted by Crippen LogP contribution is -2.40. The molecule has 1 aromatic rings. The maximum atomic E-state index is 12.4. The lowest BCUT2D eigenvalue weighted by Gasteiger charge is -2.22. The van der Waals surface area contributed by atoms with Crippen LogP contribution < -0.4 is 4.74 Å². The lowest BCUT2D eigenvalue weighted by atomic mass is 10.1. The highest BCUT2D eigenvalue weighted by molar-refractivity contribution is 5.95. The Bertz CT molecular complexity index is 658. The second-order valence-corrected chi connectivity index (χ2v) is 6.89. The summed E-state index contributed by atoms with van der Waals surface area (Å²) in [5.41, 5.74) is 0.649. The molecule has 1 aliphatic heterocycles. The highest BCUT2D eigenvalue weighted by atomic mass is 16.5. The van der Waals surface area contributed by atoms with E-state index >= 15 is 0 Å². The van der Waals surface area contributed by atoms with E-state index in [0.29, 0.717) is 43.9 Å². The van der Waals surface area contributed by atoms with E-state index in [4.69, 9.17) is 4.74 Å². The summed E-state index contributed by atoms with van der Waals surface area (Å²) < 4.78 is 5.58. The summed E-state index contributed by atoms with van der Waals surface area (Å²) in [5.74, 6) is 0.663. The monoisotopic (exact) mass is 375 g/mol. The van der Waals surface area contributed by atoms with Crippen molar-refractivity contribution in [3.63, 3.8) is 0 Å². The van der Waals surface area contributed by atoms with Gasteiger partial charge in [0.25, 0.3) is 5.91 Å². The van der Waals surface area contributed by atoms with E-state index in [0.717, 1.165) is 13.0 Å². The number of nitrogens with zero attached hydrogens (tertiary/aromatic N) is 3. The topological polar surface area (TPSA) is 70.2 Å². The SMILES string of the molecule is CCC(=O)c1ccc(OCC(=O)N2CCCN(CC(=O)N(C)C)CC2)cc1. The molecule has 2 amide bonds. The highest BCUT2D eigenvalue weighted by Crippen LogP contribution is 2.14. The van der Waals surface area contributed by atoms with Gasteiger partial charge in [-0.05, 0) is 30.7 Å². The van der Waals surface area contributed by atoms with Crippen LogP contribution in [0.25, 0.3) is 0 Å². The van der Waals surface area contributed by atoms with Crippen LogP contribution in [-0.2, 0) is 9.59 Å². The summed E-state index contributed by atoms with van der Waals surface area (Å²) in [4.78, 5) is 41.4. The molecule has 1 aliphatic rings. The van der Waals surface area contributed by atoms with Gasteiger partial charge in [-0.15, -0.1) is 0 Å². The van der Waals surface area contributed by atoms with Gasteiger partial charge in [0.2, 0.25) is 5.91 Å². The van der Waals surface area contributed by atoms with Gasteiger partial charge in [-0.2, -0.15) is 0 Å². The molecule has 0 spiro atoms. The van der Waals surface area contributed by atoms with E-state index in [1.54, 1.807) is 48.2 Å². The lowest BCUT2D eigenvalue weighted by molar-refractivity contribution is -0.133. The molecule has 0 aliphatic carbocycles. The Morgan fingerprint density at radius 3 is 2.37 bits per heavy atom. The number of ketones is 1. The van der Waals surface area contributed by atoms with Gasteiger partial charge in [-0.25, -0.2) is 0 Å². The third-order valence-corrected chi connectivity index (χ3v) is 4.66. The molecule has 7 nitrogen and oxygen atoms in total. The summed E-state index contributed by atoms with van der Waals surface area (Å²) in [6.45, 7) is 4.91. The van der Waals surface area contributed by atoms with Crippen molar-refractivity contribution in [1.82, 2.24) is 14.7 Å². The molecule has 7 heteroatoms. The molecule has 0 N–H and O–H groups in total. The zero-order valence-corrected chi connectivity index (χ0v) is 16.4. The van der Waals surface area contributed by atoms with Gasteiger partial charge < -0.3 is 14.5 Å². The number of rotatable bonds is 7. The number of ether oxygens (including phenoxy) is 1. The average Bonchev–Trinajstić information content (AvgIpc) is 2.91. The number of carbonyl (C=O) groups is 3. The minimum absolute atomic E-state index is 0.0301. The highest BCUT2D eigenvalue weighted by Gasteiger charge is 2.21. The van der Waals surface area contributed by atoms with Crippen LogP contribution in [0.5, 0.6) is 5.75 Å². The zero-order valence-electron chi connectivity index (χ0n) is 16.4. The van der Waals surface area contributed by atoms with Crippen molar-refractivity contribution in [2.24, 2.45) is 0 Å². The Labute approximate surface area is 160 Å². The molecule has 148 valence electrons. The Kier molecular flexibility index (Phi) is 7.79. The van der Waals surface area contributed by atoms with E-state index in [2.05, 4.69) is 4.90 Å². The number of Topliss-reactive ketones (excluding diaryl/α,β-unsaturated/α-hetero) is 1. The minimum Gasteiger partial charge on any atom is -0.484 e. The molecule has 0 aromatic heterocycles. The molecule has 0 bridgehead atoms. The van der Waals surface area contributed by atoms with Crippen LogP contribution in [-0.4, -0.2) is 85.7 Å². The van der Waals surface area contributed by atoms with Crippen molar-refractivity contribution in [2.75, 3.05) is 53.4 Å². The maximum Gasteiger partial charge on any atom is 0.260 e. The molecular weight excluding hydrogens is 346 g/mol. The van der Waals surface area contributed by atoms with Gasteiger partial charge in [0.05, 0.1) is 6.54 Å². The van der Waals surface area contributed by atoms with Crippen LogP contribution in [0.1, 0.15) is 30.1 Å². The van der Waals surface area contributed by atoms with E-state index in [-0.39, 0.29) is 24.2 Å². The molecule has 2 rings (SSSR count). The number of carbonyl (C=O) groups excluding carboxylic acids is 3. The fraction of sp³-hybridized carbons (Fsp3) is 0.550. The first-order valence-electron chi connectivity index (χ1n) is 9.37. The van der Waals surface area contributed by atoms with E-state index < -0.39 is 0 Å². The first-order chi connectivity index (χ1) is 12.9. The standard InChI is InChI=1S/C20H29N3O4/c1-4-18(24)16-6-8-17(9-7-16)27-15-20(26)23-11-5-10-22(12-13-23)14-19(25)21(2)3/h6-9H,4-5,10-15H2,1-3H3. The molecule has 1 aromatic carbocycles. The van der Waals surface area contributed by atoms with E-state index in [9.17, 15) is 14.4 Å². The van der Waals surface area contributed by atoms with Gasteiger partial charge >= 0.3 is 0 Å². The Balaban J connectivity index is 1.80.